The first-order valence-corrected chi connectivity index (χ1v) is 6.41. The maximum Gasteiger partial charge on any atom is 0.239 e. The molecule has 16 heavy (non-hydrogen) atoms. The van der Waals surface area contributed by atoms with Crippen LogP contribution in [0, 0.1) is 23.2 Å². The van der Waals surface area contributed by atoms with Crippen molar-refractivity contribution in [3.8, 4) is 6.07 Å². The molecule has 3 nitrogen and oxygen atoms in total. The monoisotopic (exact) mass is 222 g/mol. The third-order valence-corrected chi connectivity index (χ3v) is 3.53. The van der Waals surface area contributed by atoms with Crippen LogP contribution >= 0.6 is 0 Å². The lowest BCUT2D eigenvalue weighted by atomic mass is 9.93. The minimum absolute atomic E-state index is 0.0545. The topological polar surface area (TPSA) is 44.1 Å². The SMILES string of the molecule is CCCC(C#N)C(=O)N1CCC(CC)CC1. The highest BCUT2D eigenvalue weighted by Crippen LogP contribution is 2.22. The Kier molecular flexibility index (Phi) is 5.31. The summed E-state index contributed by atoms with van der Waals surface area (Å²) in [6, 6.07) is 2.13. The zero-order chi connectivity index (χ0) is 12.0. The lowest BCUT2D eigenvalue weighted by Crippen LogP contribution is -2.41. The normalized spacial score (nSPS) is 19.2. The predicted octanol–water partition coefficient (Wildman–Crippen LogP) is 2.57. The predicted molar refractivity (Wildman–Crippen MR) is 63.6 cm³/mol. The average molecular weight is 222 g/mol. The van der Waals surface area contributed by atoms with Gasteiger partial charge in [0, 0.05) is 13.1 Å². The molecule has 1 heterocycles. The molecule has 1 aliphatic rings. The van der Waals surface area contributed by atoms with Gasteiger partial charge in [0.15, 0.2) is 0 Å². The van der Waals surface area contributed by atoms with Gasteiger partial charge in [-0.3, -0.25) is 4.79 Å². The van der Waals surface area contributed by atoms with Gasteiger partial charge in [-0.05, 0) is 25.2 Å². The number of hydrogen-bond acceptors (Lipinski definition) is 2. The smallest absolute Gasteiger partial charge is 0.239 e. The Balaban J connectivity index is 2.46. The van der Waals surface area contributed by atoms with E-state index in [1.54, 1.807) is 0 Å². The van der Waals surface area contributed by atoms with Crippen molar-refractivity contribution in [2.75, 3.05) is 13.1 Å². The molecule has 0 aromatic rings. The number of hydrogen-bond donors (Lipinski definition) is 0. The lowest BCUT2D eigenvalue weighted by molar-refractivity contribution is -0.135. The molecule has 1 amide bonds. The fraction of sp³-hybridized carbons (Fsp3) is 0.846. The molecule has 0 aliphatic carbocycles. The minimum Gasteiger partial charge on any atom is -0.342 e. The number of nitrogens with zero attached hydrogens (tertiary/aromatic N) is 2. The zero-order valence-corrected chi connectivity index (χ0v) is 10.4. The Morgan fingerprint density at radius 1 is 1.44 bits per heavy atom. The molecule has 1 rings (SSSR count). The summed E-state index contributed by atoms with van der Waals surface area (Å²) in [4.78, 5) is 13.9. The van der Waals surface area contributed by atoms with E-state index < -0.39 is 5.92 Å². The first-order chi connectivity index (χ1) is 7.72. The maximum atomic E-state index is 12.0. The van der Waals surface area contributed by atoms with Crippen LogP contribution < -0.4 is 0 Å². The summed E-state index contributed by atoms with van der Waals surface area (Å²) in [7, 11) is 0. The van der Waals surface area contributed by atoms with Gasteiger partial charge in [-0.25, -0.2) is 0 Å². The molecule has 0 aromatic heterocycles. The number of rotatable bonds is 4. The van der Waals surface area contributed by atoms with Crippen LogP contribution in [0.1, 0.15) is 46.0 Å². The van der Waals surface area contributed by atoms with Crippen LogP contribution in [-0.4, -0.2) is 23.9 Å². The fourth-order valence-corrected chi connectivity index (χ4v) is 2.31. The largest absolute Gasteiger partial charge is 0.342 e. The molecule has 90 valence electrons. The van der Waals surface area contributed by atoms with Gasteiger partial charge in [0.25, 0.3) is 0 Å². The highest BCUT2D eigenvalue weighted by molar-refractivity contribution is 5.81. The van der Waals surface area contributed by atoms with Crippen molar-refractivity contribution in [3.05, 3.63) is 0 Å². The summed E-state index contributed by atoms with van der Waals surface area (Å²) in [5, 5.41) is 8.96. The summed E-state index contributed by atoms with van der Waals surface area (Å²) in [6.07, 6.45) is 5.01. The molecule has 3 heteroatoms. The molecule has 0 radical (unpaired) electrons. The summed E-state index contributed by atoms with van der Waals surface area (Å²) < 4.78 is 0. The van der Waals surface area contributed by atoms with Crippen molar-refractivity contribution in [3.63, 3.8) is 0 Å². The van der Waals surface area contributed by atoms with Gasteiger partial charge >= 0.3 is 0 Å². The Labute approximate surface area is 98.4 Å². The molecule has 0 spiro atoms. The van der Waals surface area contributed by atoms with Gasteiger partial charge in [-0.2, -0.15) is 5.26 Å². The van der Waals surface area contributed by atoms with E-state index in [4.69, 9.17) is 5.26 Å². The standard InChI is InChI=1S/C13H22N2O/c1-3-5-12(10-14)13(16)15-8-6-11(4-2)7-9-15/h11-12H,3-9H2,1-2H3. The van der Waals surface area contributed by atoms with Crippen LogP contribution in [0.5, 0.6) is 0 Å². The second kappa shape index (κ2) is 6.52. The number of amides is 1. The Bertz CT molecular complexity index is 262. The molecule has 1 atom stereocenters. The molecule has 1 aliphatic heterocycles. The van der Waals surface area contributed by atoms with Crippen molar-refractivity contribution in [1.29, 1.82) is 5.26 Å². The van der Waals surface area contributed by atoms with Gasteiger partial charge in [0.1, 0.15) is 5.92 Å². The number of carbonyl (C=O) groups is 1. The van der Waals surface area contributed by atoms with E-state index in [1.165, 1.54) is 6.42 Å². The molecule has 0 N–H and O–H groups in total. The fourth-order valence-electron chi connectivity index (χ4n) is 2.31. The van der Waals surface area contributed by atoms with E-state index in [-0.39, 0.29) is 5.91 Å². The van der Waals surface area contributed by atoms with E-state index in [2.05, 4.69) is 13.0 Å². The number of nitriles is 1. The number of piperidine rings is 1. The van der Waals surface area contributed by atoms with E-state index in [1.807, 2.05) is 11.8 Å². The highest BCUT2D eigenvalue weighted by atomic mass is 16.2. The van der Waals surface area contributed by atoms with Crippen molar-refractivity contribution < 1.29 is 4.79 Å². The van der Waals surface area contributed by atoms with Crippen LogP contribution in [0.15, 0.2) is 0 Å². The summed E-state index contributed by atoms with van der Waals surface area (Å²) in [5.74, 6) is 0.415. The van der Waals surface area contributed by atoms with E-state index in [0.717, 1.165) is 38.3 Å². The first-order valence-electron chi connectivity index (χ1n) is 6.41. The van der Waals surface area contributed by atoms with Crippen molar-refractivity contribution >= 4 is 5.91 Å². The van der Waals surface area contributed by atoms with Crippen LogP contribution in [-0.2, 0) is 4.79 Å². The third kappa shape index (κ3) is 3.23. The van der Waals surface area contributed by atoms with Crippen LogP contribution in [0.2, 0.25) is 0 Å². The van der Waals surface area contributed by atoms with E-state index in [9.17, 15) is 4.79 Å². The van der Waals surface area contributed by atoms with Gasteiger partial charge in [-0.1, -0.05) is 26.7 Å². The van der Waals surface area contributed by atoms with Gasteiger partial charge in [0.2, 0.25) is 5.91 Å². The maximum absolute atomic E-state index is 12.0. The Hall–Kier alpha value is -1.04. The molecule has 1 saturated heterocycles. The molecule has 1 unspecified atom stereocenters. The minimum atomic E-state index is -0.414. The van der Waals surface area contributed by atoms with Gasteiger partial charge in [0.05, 0.1) is 6.07 Å². The van der Waals surface area contributed by atoms with Crippen molar-refractivity contribution in [1.82, 2.24) is 4.90 Å². The number of carbonyl (C=O) groups excluding carboxylic acids is 1. The van der Waals surface area contributed by atoms with Crippen LogP contribution in [0.4, 0.5) is 0 Å². The second-order valence-electron chi connectivity index (χ2n) is 4.65. The molecule has 0 saturated carbocycles. The summed E-state index contributed by atoms with van der Waals surface area (Å²) in [5.41, 5.74) is 0. The quantitative estimate of drug-likeness (QED) is 0.733. The van der Waals surface area contributed by atoms with Crippen molar-refractivity contribution in [2.45, 2.75) is 46.0 Å². The van der Waals surface area contributed by atoms with Gasteiger partial charge in [-0.15, -0.1) is 0 Å². The average Bonchev–Trinajstić information content (AvgIpc) is 2.35. The molecule has 0 aromatic carbocycles. The molecule has 0 bridgehead atoms. The highest BCUT2D eigenvalue weighted by Gasteiger charge is 2.26. The van der Waals surface area contributed by atoms with Crippen molar-refractivity contribution in [2.24, 2.45) is 11.8 Å². The summed E-state index contributed by atoms with van der Waals surface area (Å²) in [6.45, 7) is 5.91. The lowest BCUT2D eigenvalue weighted by Gasteiger charge is -2.32. The van der Waals surface area contributed by atoms with Crippen LogP contribution in [0.25, 0.3) is 0 Å². The first kappa shape index (κ1) is 13.0. The summed E-state index contributed by atoms with van der Waals surface area (Å²) >= 11 is 0. The third-order valence-electron chi connectivity index (χ3n) is 3.53. The number of likely N-dealkylation sites (tertiary alicyclic amines) is 1. The second-order valence-corrected chi connectivity index (χ2v) is 4.65. The zero-order valence-electron chi connectivity index (χ0n) is 10.4. The van der Waals surface area contributed by atoms with E-state index >= 15 is 0 Å². The molecule has 1 fully saturated rings. The van der Waals surface area contributed by atoms with E-state index in [0.29, 0.717) is 6.42 Å². The Morgan fingerprint density at radius 2 is 2.06 bits per heavy atom. The Morgan fingerprint density at radius 3 is 2.50 bits per heavy atom. The molecular weight excluding hydrogens is 200 g/mol. The van der Waals surface area contributed by atoms with Crippen LogP contribution in [0.3, 0.4) is 0 Å². The van der Waals surface area contributed by atoms with Gasteiger partial charge < -0.3 is 4.90 Å². The molecular formula is C13H22N2O.